The van der Waals surface area contributed by atoms with Gasteiger partial charge in [-0.25, -0.2) is 0 Å². The van der Waals surface area contributed by atoms with E-state index in [2.05, 4.69) is 9.98 Å². The predicted octanol–water partition coefficient (Wildman–Crippen LogP) is 2.21. The summed E-state index contributed by atoms with van der Waals surface area (Å²) in [6.45, 7) is 5.30. The Labute approximate surface area is 146 Å². The lowest BCUT2D eigenvalue weighted by molar-refractivity contribution is 0.0766. The second-order valence-electron chi connectivity index (χ2n) is 7.19. The highest BCUT2D eigenvalue weighted by Gasteiger charge is 2.20. The SMILES string of the molecule is CC(O)N1C=NC(CCCCCCCCC2CN(C(C)O)C=N2)C1. The first-order chi connectivity index (χ1) is 11.6. The van der Waals surface area contributed by atoms with Crippen molar-refractivity contribution in [3.05, 3.63) is 0 Å². The van der Waals surface area contributed by atoms with Crippen LogP contribution < -0.4 is 0 Å². The van der Waals surface area contributed by atoms with Crippen LogP contribution in [-0.4, -0.2) is 70.3 Å². The minimum absolute atomic E-state index is 0.372. The van der Waals surface area contributed by atoms with E-state index in [0.29, 0.717) is 12.1 Å². The maximum atomic E-state index is 9.49. The van der Waals surface area contributed by atoms with E-state index >= 15 is 0 Å². The minimum atomic E-state index is -0.421. The third kappa shape index (κ3) is 6.40. The molecule has 2 N–H and O–H groups in total. The number of aliphatic hydroxyl groups is 2. The summed E-state index contributed by atoms with van der Waals surface area (Å²) in [5, 5.41) is 19.0. The quantitative estimate of drug-likeness (QED) is 0.567. The molecule has 138 valence electrons. The van der Waals surface area contributed by atoms with Crippen LogP contribution in [0.15, 0.2) is 9.98 Å². The van der Waals surface area contributed by atoms with Gasteiger partial charge in [0.15, 0.2) is 0 Å². The van der Waals surface area contributed by atoms with Crippen LogP contribution in [0, 0.1) is 0 Å². The molecule has 24 heavy (non-hydrogen) atoms. The predicted molar refractivity (Wildman–Crippen MR) is 98.3 cm³/mol. The summed E-state index contributed by atoms with van der Waals surface area (Å²) in [5.74, 6) is 0. The number of hydrogen-bond acceptors (Lipinski definition) is 6. The molecule has 0 aliphatic carbocycles. The molecule has 2 aliphatic heterocycles. The molecule has 4 unspecified atom stereocenters. The van der Waals surface area contributed by atoms with Crippen molar-refractivity contribution in [1.29, 1.82) is 0 Å². The van der Waals surface area contributed by atoms with Gasteiger partial charge in [-0.05, 0) is 26.7 Å². The minimum Gasteiger partial charge on any atom is -0.374 e. The van der Waals surface area contributed by atoms with Gasteiger partial charge in [0.2, 0.25) is 0 Å². The van der Waals surface area contributed by atoms with Gasteiger partial charge in [-0.1, -0.05) is 38.5 Å². The first-order valence-corrected chi connectivity index (χ1v) is 9.50. The molecule has 0 saturated heterocycles. The van der Waals surface area contributed by atoms with E-state index in [1.807, 2.05) is 9.80 Å². The van der Waals surface area contributed by atoms with Crippen LogP contribution in [0.3, 0.4) is 0 Å². The summed E-state index contributed by atoms with van der Waals surface area (Å²) in [4.78, 5) is 12.7. The van der Waals surface area contributed by atoms with Crippen molar-refractivity contribution in [3.8, 4) is 0 Å². The molecule has 6 heteroatoms. The molecule has 0 aromatic carbocycles. The van der Waals surface area contributed by atoms with Crippen molar-refractivity contribution >= 4 is 12.7 Å². The zero-order chi connectivity index (χ0) is 17.4. The van der Waals surface area contributed by atoms with E-state index in [1.165, 1.54) is 38.5 Å². The van der Waals surface area contributed by atoms with Gasteiger partial charge in [0.25, 0.3) is 0 Å². The highest BCUT2D eigenvalue weighted by atomic mass is 16.3. The van der Waals surface area contributed by atoms with E-state index < -0.39 is 12.5 Å². The van der Waals surface area contributed by atoms with Gasteiger partial charge in [0.1, 0.15) is 12.5 Å². The number of aliphatic imine (C=N–C) groups is 2. The molecule has 0 aromatic heterocycles. The van der Waals surface area contributed by atoms with Crippen molar-refractivity contribution in [2.24, 2.45) is 9.98 Å². The smallest absolute Gasteiger partial charge is 0.124 e. The molecule has 6 nitrogen and oxygen atoms in total. The van der Waals surface area contributed by atoms with Crippen LogP contribution in [0.25, 0.3) is 0 Å². The van der Waals surface area contributed by atoms with Crippen molar-refractivity contribution in [3.63, 3.8) is 0 Å². The Kier molecular flexibility index (Phi) is 7.99. The summed E-state index contributed by atoms with van der Waals surface area (Å²) >= 11 is 0. The molecule has 2 aliphatic rings. The fourth-order valence-electron chi connectivity index (χ4n) is 3.33. The second-order valence-corrected chi connectivity index (χ2v) is 7.19. The summed E-state index contributed by atoms with van der Waals surface area (Å²) in [6, 6.07) is 0.744. The third-order valence-electron chi connectivity index (χ3n) is 4.98. The maximum Gasteiger partial charge on any atom is 0.124 e. The Morgan fingerprint density at radius 3 is 1.50 bits per heavy atom. The molecule has 0 radical (unpaired) electrons. The first-order valence-electron chi connectivity index (χ1n) is 9.50. The molecule has 2 rings (SSSR count). The zero-order valence-corrected chi connectivity index (χ0v) is 15.2. The summed E-state index contributed by atoms with van der Waals surface area (Å²) in [6.07, 6.45) is 12.6. The van der Waals surface area contributed by atoms with Crippen LogP contribution in [0.1, 0.15) is 65.2 Å². The molecule has 0 saturated carbocycles. The van der Waals surface area contributed by atoms with Crippen LogP contribution in [0.2, 0.25) is 0 Å². The van der Waals surface area contributed by atoms with Crippen LogP contribution in [0.4, 0.5) is 0 Å². The molecular formula is C18H34N4O2. The largest absolute Gasteiger partial charge is 0.374 e. The Hall–Kier alpha value is -1.14. The van der Waals surface area contributed by atoms with E-state index in [4.69, 9.17) is 0 Å². The normalized spacial score (nSPS) is 25.7. The van der Waals surface area contributed by atoms with E-state index in [-0.39, 0.29) is 0 Å². The second kappa shape index (κ2) is 9.99. The van der Waals surface area contributed by atoms with Crippen molar-refractivity contribution < 1.29 is 10.2 Å². The highest BCUT2D eigenvalue weighted by Crippen LogP contribution is 2.17. The number of hydrogen-bond donors (Lipinski definition) is 2. The van der Waals surface area contributed by atoms with Gasteiger partial charge >= 0.3 is 0 Å². The van der Waals surface area contributed by atoms with E-state index in [0.717, 1.165) is 25.9 Å². The molecule has 0 spiro atoms. The van der Waals surface area contributed by atoms with Crippen molar-refractivity contribution in [2.45, 2.75) is 89.8 Å². The average Bonchev–Trinajstić information content (AvgIpc) is 3.19. The van der Waals surface area contributed by atoms with E-state index in [9.17, 15) is 10.2 Å². The molecule has 0 fully saturated rings. The fourth-order valence-corrected chi connectivity index (χ4v) is 3.33. The van der Waals surface area contributed by atoms with Gasteiger partial charge in [0, 0.05) is 13.1 Å². The summed E-state index contributed by atoms with van der Waals surface area (Å²) in [5.41, 5.74) is 0. The lowest BCUT2D eigenvalue weighted by Gasteiger charge is -2.19. The number of unbranched alkanes of at least 4 members (excludes halogenated alkanes) is 5. The fraction of sp³-hybridized carbons (Fsp3) is 0.889. The molecule has 0 aromatic rings. The van der Waals surface area contributed by atoms with Crippen LogP contribution in [-0.2, 0) is 0 Å². The van der Waals surface area contributed by atoms with E-state index in [1.54, 1.807) is 26.5 Å². The number of aliphatic hydroxyl groups excluding tert-OH is 2. The topological polar surface area (TPSA) is 71.7 Å². The average molecular weight is 338 g/mol. The Bertz CT molecular complexity index is 374. The Morgan fingerprint density at radius 1 is 0.792 bits per heavy atom. The van der Waals surface area contributed by atoms with Crippen molar-refractivity contribution in [1.82, 2.24) is 9.80 Å². The third-order valence-corrected chi connectivity index (χ3v) is 4.98. The number of nitrogens with zero attached hydrogens (tertiary/aromatic N) is 4. The first kappa shape index (κ1) is 19.2. The summed E-state index contributed by atoms with van der Waals surface area (Å²) in [7, 11) is 0. The molecule has 4 atom stereocenters. The number of rotatable bonds is 11. The van der Waals surface area contributed by atoms with Gasteiger partial charge in [0.05, 0.1) is 24.8 Å². The standard InChI is InChI=1S/C18H34N4O2/c1-15(23)21-11-17(19-13-21)9-7-5-3-4-6-8-10-18-12-22(14-20-18)16(2)24/h13-18,23-24H,3-12H2,1-2H3. The van der Waals surface area contributed by atoms with Crippen molar-refractivity contribution in [2.75, 3.05) is 13.1 Å². The molecule has 0 amide bonds. The molecule has 2 heterocycles. The Balaban J connectivity index is 1.39. The van der Waals surface area contributed by atoms with Gasteiger partial charge in [-0.3, -0.25) is 9.98 Å². The zero-order valence-electron chi connectivity index (χ0n) is 15.2. The highest BCUT2D eigenvalue weighted by molar-refractivity contribution is 5.58. The lowest BCUT2D eigenvalue weighted by Crippen LogP contribution is -2.31. The van der Waals surface area contributed by atoms with Crippen LogP contribution in [0.5, 0.6) is 0 Å². The summed E-state index contributed by atoms with van der Waals surface area (Å²) < 4.78 is 0. The van der Waals surface area contributed by atoms with Gasteiger partial charge in [-0.2, -0.15) is 0 Å². The molecular weight excluding hydrogens is 304 g/mol. The monoisotopic (exact) mass is 338 g/mol. The van der Waals surface area contributed by atoms with Gasteiger partial charge < -0.3 is 20.0 Å². The maximum absolute atomic E-state index is 9.49. The Morgan fingerprint density at radius 2 is 1.17 bits per heavy atom. The lowest BCUT2D eigenvalue weighted by atomic mass is 10.0. The molecule has 0 bridgehead atoms. The van der Waals surface area contributed by atoms with Crippen LogP contribution >= 0.6 is 0 Å². The van der Waals surface area contributed by atoms with Gasteiger partial charge in [-0.15, -0.1) is 0 Å².